The molecule has 1 aromatic heterocycles. The Morgan fingerprint density at radius 2 is 1.61 bits per heavy atom. The molecule has 2 heterocycles. The minimum Gasteiger partial charge on any atom is -0.353 e. The Morgan fingerprint density at radius 3 is 2.32 bits per heavy atom. The van der Waals surface area contributed by atoms with E-state index in [-0.39, 0.29) is 35.9 Å². The van der Waals surface area contributed by atoms with Crippen molar-refractivity contribution in [1.29, 1.82) is 0 Å². The second-order valence-corrected chi connectivity index (χ2v) is 10.4. The number of carbonyl (C=O) groups excluding carboxylic acids is 2. The summed E-state index contributed by atoms with van der Waals surface area (Å²) in [6.45, 7) is 0. The molecule has 4 nitrogen and oxygen atoms in total. The van der Waals surface area contributed by atoms with Crippen molar-refractivity contribution in [1.82, 2.24) is 10.2 Å². The smallest absolute Gasteiger partial charge is 0.254 e. The number of fused-ring (bicyclic) bond motifs is 1. The highest BCUT2D eigenvalue weighted by Crippen LogP contribution is 2.47. The topological polar surface area (TPSA) is 49.4 Å². The molecule has 31 heavy (non-hydrogen) atoms. The molecule has 0 unspecified atom stereocenters. The number of nitrogens with one attached hydrogen (secondary N) is 1. The van der Waals surface area contributed by atoms with Gasteiger partial charge in [-0.05, 0) is 48.8 Å². The van der Waals surface area contributed by atoms with Crippen molar-refractivity contribution in [3.63, 3.8) is 0 Å². The second-order valence-electron chi connectivity index (χ2n) is 9.37. The number of nitrogens with zero attached hydrogens (tertiary/aromatic N) is 1. The second kappa shape index (κ2) is 9.15. The van der Waals surface area contributed by atoms with Crippen LogP contribution in [0, 0.1) is 0 Å². The third-order valence-electron chi connectivity index (χ3n) is 7.41. The van der Waals surface area contributed by atoms with Gasteiger partial charge in [-0.25, -0.2) is 0 Å². The highest BCUT2D eigenvalue weighted by Gasteiger charge is 2.47. The van der Waals surface area contributed by atoms with Crippen LogP contribution in [0.1, 0.15) is 97.0 Å². The fourth-order valence-corrected chi connectivity index (χ4v) is 6.76. The minimum absolute atomic E-state index is 0.0910. The summed E-state index contributed by atoms with van der Waals surface area (Å²) in [5.41, 5.74) is 1.61. The van der Waals surface area contributed by atoms with Gasteiger partial charge in [0, 0.05) is 22.5 Å². The first-order chi connectivity index (χ1) is 15.2. The van der Waals surface area contributed by atoms with E-state index in [2.05, 4.69) is 21.7 Å². The van der Waals surface area contributed by atoms with Gasteiger partial charge in [0.2, 0.25) is 5.91 Å². The van der Waals surface area contributed by atoms with Gasteiger partial charge in [-0.2, -0.15) is 0 Å². The number of benzene rings is 1. The number of hydrogen-bond acceptors (Lipinski definition) is 3. The number of rotatable bonds is 4. The average Bonchev–Trinajstić information content (AvgIpc) is 3.45. The Hall–Kier alpha value is -2.14. The van der Waals surface area contributed by atoms with Gasteiger partial charge in [-0.3, -0.25) is 9.59 Å². The SMILES string of the molecule is O=C(NC1CCCCCC1)[C@H]1c2ccccc2C(=O)N(C2CCCC2)[C@H]1c1cccs1. The summed E-state index contributed by atoms with van der Waals surface area (Å²) in [5, 5.41) is 5.48. The molecular formula is C26H32N2O2S. The van der Waals surface area contributed by atoms with Crippen LogP contribution < -0.4 is 5.32 Å². The normalized spacial score (nSPS) is 25.3. The molecule has 0 spiro atoms. The van der Waals surface area contributed by atoms with E-state index in [4.69, 9.17) is 0 Å². The van der Waals surface area contributed by atoms with Gasteiger partial charge < -0.3 is 10.2 Å². The van der Waals surface area contributed by atoms with Crippen LogP contribution in [0.15, 0.2) is 41.8 Å². The van der Waals surface area contributed by atoms with Crippen LogP contribution in [0.3, 0.4) is 0 Å². The van der Waals surface area contributed by atoms with Crippen molar-refractivity contribution >= 4 is 23.2 Å². The molecule has 5 heteroatoms. The highest BCUT2D eigenvalue weighted by molar-refractivity contribution is 7.10. The van der Waals surface area contributed by atoms with E-state index in [1.807, 2.05) is 30.3 Å². The van der Waals surface area contributed by atoms with Crippen LogP contribution in [0.5, 0.6) is 0 Å². The number of carbonyl (C=O) groups is 2. The van der Waals surface area contributed by atoms with Gasteiger partial charge in [0.1, 0.15) is 0 Å². The molecule has 2 fully saturated rings. The van der Waals surface area contributed by atoms with E-state index in [1.165, 1.54) is 25.7 Å². The predicted molar refractivity (Wildman–Crippen MR) is 124 cm³/mol. The Balaban J connectivity index is 1.56. The zero-order valence-electron chi connectivity index (χ0n) is 18.1. The van der Waals surface area contributed by atoms with E-state index < -0.39 is 0 Å². The molecule has 2 saturated carbocycles. The first kappa shape index (κ1) is 20.7. The summed E-state index contributed by atoms with van der Waals surface area (Å²) < 4.78 is 0. The molecule has 3 aliphatic rings. The van der Waals surface area contributed by atoms with Gasteiger partial charge in [-0.1, -0.05) is 62.8 Å². The molecule has 0 bridgehead atoms. The maximum absolute atomic E-state index is 13.9. The van der Waals surface area contributed by atoms with Crippen molar-refractivity contribution in [2.75, 3.05) is 0 Å². The molecular weight excluding hydrogens is 404 g/mol. The van der Waals surface area contributed by atoms with E-state index in [9.17, 15) is 9.59 Å². The van der Waals surface area contributed by atoms with Crippen molar-refractivity contribution < 1.29 is 9.59 Å². The standard InChI is InChI=1S/C26H32N2O2S/c29-25(27-18-10-3-1-2-4-11-18)23-20-14-7-8-15-21(20)26(30)28(19-12-5-6-13-19)24(23)22-16-9-17-31-22/h7-9,14-19,23-24H,1-6,10-13H2,(H,27,29)/t23-,24-/m0/s1. The maximum Gasteiger partial charge on any atom is 0.254 e. The predicted octanol–water partition coefficient (Wildman–Crippen LogP) is 5.81. The Kier molecular flexibility index (Phi) is 6.13. The van der Waals surface area contributed by atoms with Gasteiger partial charge in [0.05, 0.1) is 12.0 Å². The van der Waals surface area contributed by atoms with E-state index >= 15 is 0 Å². The number of amides is 2. The molecule has 1 aromatic carbocycles. The first-order valence-electron chi connectivity index (χ1n) is 12.0. The van der Waals surface area contributed by atoms with Gasteiger partial charge in [0.25, 0.3) is 5.91 Å². The third-order valence-corrected chi connectivity index (χ3v) is 8.36. The summed E-state index contributed by atoms with van der Waals surface area (Å²) in [5.74, 6) is -0.163. The fraction of sp³-hybridized carbons (Fsp3) is 0.538. The van der Waals surface area contributed by atoms with Crippen LogP contribution in [-0.2, 0) is 4.79 Å². The lowest BCUT2D eigenvalue weighted by Crippen LogP contribution is -2.51. The van der Waals surface area contributed by atoms with Crippen molar-refractivity contribution in [2.45, 2.75) is 88.3 Å². The van der Waals surface area contributed by atoms with Crippen LogP contribution in [0.25, 0.3) is 0 Å². The zero-order chi connectivity index (χ0) is 21.2. The molecule has 164 valence electrons. The first-order valence-corrected chi connectivity index (χ1v) is 12.9. The summed E-state index contributed by atoms with van der Waals surface area (Å²) in [4.78, 5) is 30.8. The monoisotopic (exact) mass is 436 g/mol. The van der Waals surface area contributed by atoms with Crippen LogP contribution in [-0.4, -0.2) is 28.8 Å². The van der Waals surface area contributed by atoms with E-state index in [0.29, 0.717) is 5.56 Å². The average molecular weight is 437 g/mol. The van der Waals surface area contributed by atoms with Crippen LogP contribution in [0.4, 0.5) is 0 Å². The highest BCUT2D eigenvalue weighted by atomic mass is 32.1. The summed E-state index contributed by atoms with van der Waals surface area (Å²) in [6.07, 6.45) is 11.4. The van der Waals surface area contributed by atoms with Crippen molar-refractivity contribution in [3.8, 4) is 0 Å². The van der Waals surface area contributed by atoms with Crippen LogP contribution >= 0.6 is 11.3 Å². The quantitative estimate of drug-likeness (QED) is 0.615. The number of hydrogen-bond donors (Lipinski definition) is 1. The molecule has 2 atom stereocenters. The van der Waals surface area contributed by atoms with Gasteiger partial charge in [0.15, 0.2) is 0 Å². The maximum atomic E-state index is 13.9. The van der Waals surface area contributed by atoms with Crippen molar-refractivity contribution in [3.05, 3.63) is 57.8 Å². The molecule has 0 saturated heterocycles. The molecule has 2 amide bonds. The molecule has 1 N–H and O–H groups in total. The Bertz CT molecular complexity index is 911. The largest absolute Gasteiger partial charge is 0.353 e. The fourth-order valence-electron chi connectivity index (χ4n) is 5.89. The Morgan fingerprint density at radius 1 is 0.903 bits per heavy atom. The van der Waals surface area contributed by atoms with Crippen LogP contribution in [0.2, 0.25) is 0 Å². The lowest BCUT2D eigenvalue weighted by molar-refractivity contribution is -0.125. The lowest BCUT2D eigenvalue weighted by atomic mass is 9.80. The Labute approximate surface area is 189 Å². The van der Waals surface area contributed by atoms with E-state index in [1.54, 1.807) is 11.3 Å². The van der Waals surface area contributed by atoms with E-state index in [0.717, 1.165) is 49.0 Å². The zero-order valence-corrected chi connectivity index (χ0v) is 18.9. The minimum atomic E-state index is -0.351. The molecule has 2 aromatic rings. The molecule has 2 aliphatic carbocycles. The lowest BCUT2D eigenvalue weighted by Gasteiger charge is -2.44. The third kappa shape index (κ3) is 4.05. The van der Waals surface area contributed by atoms with Gasteiger partial charge >= 0.3 is 0 Å². The molecule has 0 radical (unpaired) electrons. The molecule has 5 rings (SSSR count). The summed E-state index contributed by atoms with van der Waals surface area (Å²) >= 11 is 1.67. The summed E-state index contributed by atoms with van der Waals surface area (Å²) in [7, 11) is 0. The van der Waals surface area contributed by atoms with Gasteiger partial charge in [-0.15, -0.1) is 11.3 Å². The number of thiophene rings is 1. The molecule has 1 aliphatic heterocycles. The van der Waals surface area contributed by atoms with Crippen molar-refractivity contribution in [2.24, 2.45) is 0 Å². The summed E-state index contributed by atoms with van der Waals surface area (Å²) in [6, 6.07) is 12.2.